The maximum Gasteiger partial charge on any atom is 0.262 e. The van der Waals surface area contributed by atoms with E-state index >= 15 is 0 Å². The van der Waals surface area contributed by atoms with Gasteiger partial charge in [0.1, 0.15) is 5.71 Å². The van der Waals surface area contributed by atoms with Crippen LogP contribution in [0.25, 0.3) is 10.8 Å². The zero-order valence-corrected chi connectivity index (χ0v) is 12.0. The summed E-state index contributed by atoms with van der Waals surface area (Å²) >= 11 is 0. The Morgan fingerprint density at radius 3 is 2.76 bits per heavy atom. The molecule has 0 fully saturated rings. The van der Waals surface area contributed by atoms with Crippen LogP contribution in [0.2, 0.25) is 0 Å². The highest BCUT2D eigenvalue weighted by Crippen LogP contribution is 2.31. The predicted octanol–water partition coefficient (Wildman–Crippen LogP) is 2.10. The number of aromatic nitrogens is 1. The van der Waals surface area contributed by atoms with Crippen LogP contribution in [0.1, 0.15) is 19.5 Å². The first-order valence-corrected chi connectivity index (χ1v) is 6.96. The fraction of sp³-hybridized carbons (Fsp3) is 0.312. The largest absolute Gasteiger partial charge is 0.381 e. The molecule has 0 aliphatic carbocycles. The molecule has 0 saturated heterocycles. The molecular weight excluding hydrogens is 266 g/mol. The van der Waals surface area contributed by atoms with Crippen LogP contribution in [-0.4, -0.2) is 22.7 Å². The van der Waals surface area contributed by atoms with Gasteiger partial charge < -0.3 is 10.6 Å². The Bertz CT molecular complexity index is 719. The standard InChI is InChI=1S/C16H17N3O2/c1-9(2)12-14(19-21-15(12)16(17)20)13-11-6-4-3-5-10(11)7-8-18-13/h3-9,12,15H,1-2H3,(H2,17,20). The molecule has 0 saturated carbocycles. The van der Waals surface area contributed by atoms with Crippen molar-refractivity contribution in [2.24, 2.45) is 22.7 Å². The molecule has 0 spiro atoms. The average molecular weight is 283 g/mol. The summed E-state index contributed by atoms with van der Waals surface area (Å²) in [5, 5.41) is 6.19. The number of oxime groups is 1. The van der Waals surface area contributed by atoms with Crippen molar-refractivity contribution < 1.29 is 9.63 Å². The molecule has 0 bridgehead atoms. The van der Waals surface area contributed by atoms with Crippen molar-refractivity contribution in [1.29, 1.82) is 0 Å². The molecule has 2 heterocycles. The Hall–Kier alpha value is -2.43. The summed E-state index contributed by atoms with van der Waals surface area (Å²) < 4.78 is 0. The molecule has 21 heavy (non-hydrogen) atoms. The van der Waals surface area contributed by atoms with Crippen LogP contribution in [-0.2, 0) is 9.63 Å². The molecule has 2 atom stereocenters. The van der Waals surface area contributed by atoms with Crippen LogP contribution in [0, 0.1) is 11.8 Å². The minimum absolute atomic E-state index is 0.171. The summed E-state index contributed by atoms with van der Waals surface area (Å²) in [6.45, 7) is 4.05. The summed E-state index contributed by atoms with van der Waals surface area (Å²) in [5.41, 5.74) is 6.88. The highest BCUT2D eigenvalue weighted by Gasteiger charge is 2.41. The number of carbonyl (C=O) groups is 1. The van der Waals surface area contributed by atoms with E-state index in [1.807, 2.05) is 44.2 Å². The van der Waals surface area contributed by atoms with Crippen LogP contribution < -0.4 is 5.73 Å². The van der Waals surface area contributed by atoms with E-state index in [4.69, 9.17) is 10.6 Å². The monoisotopic (exact) mass is 283 g/mol. The van der Waals surface area contributed by atoms with E-state index < -0.39 is 12.0 Å². The summed E-state index contributed by atoms with van der Waals surface area (Å²) in [5.74, 6) is -0.502. The van der Waals surface area contributed by atoms with Crippen LogP contribution in [0.15, 0.2) is 41.7 Å². The molecule has 1 aromatic heterocycles. The van der Waals surface area contributed by atoms with Crippen molar-refractivity contribution in [3.63, 3.8) is 0 Å². The normalized spacial score (nSPS) is 21.4. The molecule has 2 aromatic rings. The van der Waals surface area contributed by atoms with Crippen molar-refractivity contribution in [1.82, 2.24) is 4.98 Å². The SMILES string of the molecule is CC(C)C1C(c2nccc3ccccc23)=NOC1C(N)=O. The maximum absolute atomic E-state index is 11.6. The Kier molecular flexibility index (Phi) is 3.33. The van der Waals surface area contributed by atoms with Crippen molar-refractivity contribution in [3.05, 3.63) is 42.2 Å². The maximum atomic E-state index is 11.6. The molecular formula is C16H17N3O2. The van der Waals surface area contributed by atoms with E-state index in [1.54, 1.807) is 6.20 Å². The van der Waals surface area contributed by atoms with E-state index in [0.717, 1.165) is 16.5 Å². The van der Waals surface area contributed by atoms with Gasteiger partial charge in [-0.1, -0.05) is 43.3 Å². The highest BCUT2D eigenvalue weighted by molar-refractivity contribution is 6.12. The number of carbonyl (C=O) groups excluding carboxylic acids is 1. The number of nitrogens with two attached hydrogens (primary N) is 1. The zero-order chi connectivity index (χ0) is 15.0. The van der Waals surface area contributed by atoms with Gasteiger partial charge in [0.15, 0.2) is 0 Å². The lowest BCUT2D eigenvalue weighted by atomic mass is 9.84. The number of hydrogen-bond acceptors (Lipinski definition) is 4. The molecule has 5 nitrogen and oxygen atoms in total. The van der Waals surface area contributed by atoms with Gasteiger partial charge in [0.2, 0.25) is 6.10 Å². The Morgan fingerprint density at radius 1 is 1.29 bits per heavy atom. The Morgan fingerprint density at radius 2 is 2.05 bits per heavy atom. The molecule has 1 amide bonds. The molecule has 2 N–H and O–H groups in total. The van der Waals surface area contributed by atoms with Crippen LogP contribution in [0.4, 0.5) is 0 Å². The molecule has 2 unspecified atom stereocenters. The van der Waals surface area contributed by atoms with Crippen molar-refractivity contribution in [2.75, 3.05) is 0 Å². The number of fused-ring (bicyclic) bond motifs is 1. The van der Waals surface area contributed by atoms with E-state index in [2.05, 4.69) is 10.1 Å². The zero-order valence-electron chi connectivity index (χ0n) is 12.0. The number of amides is 1. The third-order valence-electron chi connectivity index (χ3n) is 3.82. The third kappa shape index (κ3) is 2.24. The summed E-state index contributed by atoms with van der Waals surface area (Å²) in [6, 6.07) is 9.90. The summed E-state index contributed by atoms with van der Waals surface area (Å²) in [6.07, 6.45) is 1.02. The van der Waals surface area contributed by atoms with Crippen LogP contribution >= 0.6 is 0 Å². The van der Waals surface area contributed by atoms with Gasteiger partial charge in [0.05, 0.1) is 11.6 Å². The second-order valence-corrected chi connectivity index (χ2v) is 5.56. The highest BCUT2D eigenvalue weighted by atomic mass is 16.6. The summed E-state index contributed by atoms with van der Waals surface area (Å²) in [4.78, 5) is 21.3. The molecule has 108 valence electrons. The fourth-order valence-corrected chi connectivity index (χ4v) is 2.80. The molecule has 5 heteroatoms. The molecule has 3 rings (SSSR count). The lowest BCUT2D eigenvalue weighted by Gasteiger charge is -2.20. The first kappa shape index (κ1) is 13.5. The van der Waals surface area contributed by atoms with Gasteiger partial charge >= 0.3 is 0 Å². The van der Waals surface area contributed by atoms with Crippen molar-refractivity contribution >= 4 is 22.4 Å². The van der Waals surface area contributed by atoms with Gasteiger partial charge in [0, 0.05) is 11.6 Å². The Labute approximate surface area is 122 Å². The number of pyridine rings is 1. The van der Waals surface area contributed by atoms with E-state index in [0.29, 0.717) is 5.71 Å². The van der Waals surface area contributed by atoms with Crippen molar-refractivity contribution in [3.8, 4) is 0 Å². The van der Waals surface area contributed by atoms with E-state index in [1.165, 1.54) is 0 Å². The number of hydrogen-bond donors (Lipinski definition) is 1. The number of benzene rings is 1. The topological polar surface area (TPSA) is 77.6 Å². The minimum Gasteiger partial charge on any atom is -0.381 e. The van der Waals surface area contributed by atoms with Gasteiger partial charge in [-0.25, -0.2) is 0 Å². The first-order valence-electron chi connectivity index (χ1n) is 6.96. The first-order chi connectivity index (χ1) is 10.1. The lowest BCUT2D eigenvalue weighted by molar-refractivity contribution is -0.130. The third-order valence-corrected chi connectivity index (χ3v) is 3.82. The van der Waals surface area contributed by atoms with Crippen LogP contribution in [0.5, 0.6) is 0 Å². The molecule has 0 radical (unpaired) electrons. The lowest BCUT2D eigenvalue weighted by Crippen LogP contribution is -2.39. The van der Waals surface area contributed by atoms with Crippen molar-refractivity contribution in [2.45, 2.75) is 20.0 Å². The molecule has 1 aliphatic heterocycles. The minimum atomic E-state index is -0.722. The van der Waals surface area contributed by atoms with Gasteiger partial charge in [-0.3, -0.25) is 9.78 Å². The van der Waals surface area contributed by atoms with E-state index in [-0.39, 0.29) is 11.8 Å². The van der Waals surface area contributed by atoms with Gasteiger partial charge in [-0.15, -0.1) is 0 Å². The van der Waals surface area contributed by atoms with Gasteiger partial charge in [-0.05, 0) is 17.4 Å². The number of primary amides is 1. The quantitative estimate of drug-likeness (QED) is 0.937. The smallest absolute Gasteiger partial charge is 0.262 e. The molecule has 1 aromatic carbocycles. The van der Waals surface area contributed by atoms with Gasteiger partial charge in [0.25, 0.3) is 5.91 Å². The number of rotatable bonds is 3. The predicted molar refractivity (Wildman–Crippen MR) is 80.7 cm³/mol. The Balaban J connectivity index is 2.12. The summed E-state index contributed by atoms with van der Waals surface area (Å²) in [7, 11) is 0. The van der Waals surface area contributed by atoms with E-state index in [9.17, 15) is 4.79 Å². The second-order valence-electron chi connectivity index (χ2n) is 5.56. The average Bonchev–Trinajstić information content (AvgIpc) is 2.91. The second kappa shape index (κ2) is 5.16. The number of nitrogens with zero attached hydrogens (tertiary/aromatic N) is 2. The molecule has 1 aliphatic rings. The fourth-order valence-electron chi connectivity index (χ4n) is 2.80. The van der Waals surface area contributed by atoms with Gasteiger partial charge in [-0.2, -0.15) is 0 Å². The van der Waals surface area contributed by atoms with Crippen LogP contribution in [0.3, 0.4) is 0 Å².